The number of aliphatic hydroxyl groups is 9. The van der Waals surface area contributed by atoms with Gasteiger partial charge in [-0.2, -0.15) is 0 Å². The number of aromatic hydroxyl groups is 8. The molecule has 9 heterocycles. The number of aliphatic hydroxyl groups excluding tert-OH is 9. The minimum absolute atomic E-state index is 0.000734. The SMILES string of the molecule is Cc1cc(O)cc(-c2cc(=O)c3c(O)cc4c(c3o2)[C@@H]2O[C@H](CO)[C@@H](O)[C@H](O)[C@@H]2O4)c1.O=c1cc(-c2ccc(O)c(O)c2)oc2c3c(cc(O)c12)O[C@H]1[C@@H](O)[C@H](O)[C@@H](CO)O[C@@H]31.O=c1cc(-c2ccc(O)c(O)c2)oc2c3c(cc(O)c12)O[C@H]1[C@@H](O)[C@H](O)[C@@H](CO)O[C@@H]31. The minimum atomic E-state index is -1.40. The van der Waals surface area contributed by atoms with Crippen molar-refractivity contribution in [2.45, 2.75) is 98.5 Å². The minimum Gasteiger partial charge on any atom is -0.508 e. The molecule has 0 radical (unpaired) electrons. The fraction of sp³-hybridized carbons (Fsp3) is 0.297. The Hall–Kier alpha value is -9.73. The molecule has 0 amide bonds. The third kappa shape index (κ3) is 10.4. The van der Waals surface area contributed by atoms with Crippen LogP contribution in [0, 0.1) is 6.92 Å². The van der Waals surface area contributed by atoms with Crippen LogP contribution in [0.1, 0.15) is 40.6 Å². The molecule has 0 bridgehead atoms. The lowest BCUT2D eigenvalue weighted by molar-refractivity contribution is -0.215. The molecule has 17 N–H and O–H groups in total. The molecule has 6 aliphatic rings. The summed E-state index contributed by atoms with van der Waals surface area (Å²) in [5, 5.41) is 170. The highest BCUT2D eigenvalue weighted by Crippen LogP contribution is 2.54. The second-order valence-corrected chi connectivity index (χ2v) is 22.9. The molecule has 0 spiro atoms. The molecule has 93 heavy (non-hydrogen) atoms. The first kappa shape index (κ1) is 62.1. The Labute approximate surface area is 519 Å². The van der Waals surface area contributed by atoms with Crippen LogP contribution < -0.4 is 30.5 Å². The van der Waals surface area contributed by atoms with Gasteiger partial charge in [0, 0.05) is 53.1 Å². The number of benzene rings is 6. The second kappa shape index (κ2) is 23.4. The standard InChI is InChI=1S/C22H20O9.2C21H18O10/c1-8-2-9(4-10(24)3-8)13-5-11(25)16-12(26)6-14-17(20(16)29-13)21-22(30-14)19(28)18(27)15(7-23)31-21;2*22-6-14-17(27)18(28)21-20(31-14)16-13(30-21)5-11(26)15-10(25)4-12(29-19(15)16)7-1-2-8(23)9(24)3-7/h2-6,15,18-19,21-24,26-28H,7H2,1H3;2*1-5,14,17-18,20-24,26-28H,6H2/t15-,18-,19+,21+,22+;2*14-,17-,18+,20+,21+/m111/s1. The van der Waals surface area contributed by atoms with E-state index in [0.29, 0.717) is 5.56 Å². The Morgan fingerprint density at radius 1 is 0.355 bits per heavy atom. The maximum Gasteiger partial charge on any atom is 0.197 e. The van der Waals surface area contributed by atoms with Crippen LogP contribution in [-0.4, -0.2) is 180 Å². The molecule has 0 unspecified atom stereocenters. The van der Waals surface area contributed by atoms with Gasteiger partial charge in [0.15, 0.2) is 74.3 Å². The number of rotatable bonds is 6. The molecular weight excluding hydrogens is 1230 g/mol. The third-order valence-electron chi connectivity index (χ3n) is 17.1. The lowest BCUT2D eigenvalue weighted by atomic mass is 9.92. The van der Waals surface area contributed by atoms with Crippen molar-refractivity contribution in [1.29, 1.82) is 0 Å². The quantitative estimate of drug-likeness (QED) is 0.106. The van der Waals surface area contributed by atoms with Crippen molar-refractivity contribution < 1.29 is 128 Å². The van der Waals surface area contributed by atoms with Crippen molar-refractivity contribution in [1.82, 2.24) is 0 Å². The summed E-state index contributed by atoms with van der Waals surface area (Å²) >= 11 is 0. The zero-order valence-corrected chi connectivity index (χ0v) is 47.9. The Bertz CT molecular complexity index is 4460. The number of aryl methyl sites for hydroxylation is 1. The van der Waals surface area contributed by atoms with Gasteiger partial charge in [-0.1, -0.05) is 0 Å². The van der Waals surface area contributed by atoms with Crippen LogP contribution in [-0.2, 0) is 14.2 Å². The number of hydrogen-bond acceptors (Lipinski definition) is 29. The average molecular weight is 1290 g/mol. The summed E-state index contributed by atoms with van der Waals surface area (Å²) in [6, 6.07) is 19.6. The molecule has 29 nitrogen and oxygen atoms in total. The molecule has 0 aliphatic carbocycles. The highest BCUT2D eigenvalue weighted by Gasteiger charge is 2.55. The molecule has 15 atom stereocenters. The smallest absolute Gasteiger partial charge is 0.197 e. The predicted molar refractivity (Wildman–Crippen MR) is 315 cm³/mol. The number of fused-ring (bicyclic) bond motifs is 15. The lowest BCUT2D eigenvalue weighted by Gasteiger charge is -2.38. The van der Waals surface area contributed by atoms with Gasteiger partial charge in [-0.25, -0.2) is 0 Å². The Balaban J connectivity index is 0.000000127. The van der Waals surface area contributed by atoms with Crippen LogP contribution in [0.3, 0.4) is 0 Å². The molecule has 29 heteroatoms. The highest BCUT2D eigenvalue weighted by atomic mass is 16.6. The lowest BCUT2D eigenvalue weighted by Crippen LogP contribution is -2.55. The largest absolute Gasteiger partial charge is 0.508 e. The fourth-order valence-corrected chi connectivity index (χ4v) is 12.5. The van der Waals surface area contributed by atoms with E-state index < -0.39 is 151 Å². The van der Waals surface area contributed by atoms with Crippen molar-refractivity contribution in [2.75, 3.05) is 19.8 Å². The summed E-state index contributed by atoms with van der Waals surface area (Å²) in [6.45, 7) is 0.121. The van der Waals surface area contributed by atoms with Gasteiger partial charge >= 0.3 is 0 Å². The maximum atomic E-state index is 12.9. The predicted octanol–water partition coefficient (Wildman–Crippen LogP) is 2.08. The first-order valence-electron chi connectivity index (χ1n) is 28.6. The topological polar surface area (TPSA) is 490 Å². The molecule has 3 saturated heterocycles. The molecule has 486 valence electrons. The molecule has 3 aromatic heterocycles. The summed E-state index contributed by atoms with van der Waals surface area (Å²) in [4.78, 5) is 38.5. The Morgan fingerprint density at radius 2 is 0.677 bits per heavy atom. The first-order valence-corrected chi connectivity index (χ1v) is 28.6. The zero-order chi connectivity index (χ0) is 66.1. The van der Waals surface area contributed by atoms with Gasteiger partial charge < -0.3 is 128 Å². The number of ether oxygens (including phenoxy) is 6. The van der Waals surface area contributed by atoms with Gasteiger partial charge in [-0.3, -0.25) is 14.4 Å². The maximum absolute atomic E-state index is 12.9. The van der Waals surface area contributed by atoms with Crippen LogP contribution in [0.5, 0.6) is 63.2 Å². The number of phenols is 8. The summed E-state index contributed by atoms with van der Waals surface area (Å²) in [7, 11) is 0. The molecule has 0 saturated carbocycles. The van der Waals surface area contributed by atoms with Crippen LogP contribution in [0.15, 0.2) is 119 Å². The fourth-order valence-electron chi connectivity index (χ4n) is 12.5. The van der Waals surface area contributed by atoms with Gasteiger partial charge in [0.2, 0.25) is 0 Å². The van der Waals surface area contributed by atoms with E-state index in [2.05, 4.69) is 0 Å². The van der Waals surface area contributed by atoms with Crippen molar-refractivity contribution >= 4 is 32.9 Å². The van der Waals surface area contributed by atoms with Gasteiger partial charge in [-0.15, -0.1) is 0 Å². The summed E-state index contributed by atoms with van der Waals surface area (Å²) < 4.78 is 52.2. The van der Waals surface area contributed by atoms with Crippen molar-refractivity contribution in [3.05, 3.63) is 144 Å². The Kier molecular flexibility index (Phi) is 15.6. The molecule has 3 fully saturated rings. The van der Waals surface area contributed by atoms with Crippen LogP contribution >= 0.6 is 0 Å². The monoisotopic (exact) mass is 1290 g/mol. The molecule has 9 aromatic rings. The van der Waals surface area contributed by atoms with Gasteiger partial charge in [0.05, 0.1) is 36.5 Å². The molecular formula is C64H56O29. The van der Waals surface area contributed by atoms with Crippen LogP contribution in [0.2, 0.25) is 0 Å². The van der Waals surface area contributed by atoms with Gasteiger partial charge in [0.25, 0.3) is 0 Å². The highest BCUT2D eigenvalue weighted by molar-refractivity contribution is 5.93. The third-order valence-corrected chi connectivity index (χ3v) is 17.1. The molecule has 15 rings (SSSR count). The first-order chi connectivity index (χ1) is 44.4. The van der Waals surface area contributed by atoms with E-state index in [1.807, 2.05) is 0 Å². The zero-order valence-electron chi connectivity index (χ0n) is 47.9. The van der Waals surface area contributed by atoms with E-state index in [1.165, 1.54) is 66.7 Å². The normalized spacial score (nSPS) is 27.0. The summed E-state index contributed by atoms with van der Waals surface area (Å²) in [5.41, 5.74) is 0.762. The number of phenolic OH excluding ortho intramolecular Hbond substituents is 8. The summed E-state index contributed by atoms with van der Waals surface area (Å²) in [6.07, 6.45) is -17.7. The van der Waals surface area contributed by atoms with Gasteiger partial charge in [0.1, 0.15) is 147 Å². The van der Waals surface area contributed by atoms with E-state index >= 15 is 0 Å². The second-order valence-electron chi connectivity index (χ2n) is 22.9. The van der Waals surface area contributed by atoms with E-state index in [1.54, 1.807) is 19.1 Å². The number of hydrogen-bond donors (Lipinski definition) is 17. The summed E-state index contributed by atoms with van der Waals surface area (Å²) in [5.74, 6) is -2.14. The van der Waals surface area contributed by atoms with E-state index in [9.17, 15) is 101 Å². The molecule has 6 aliphatic heterocycles. The van der Waals surface area contributed by atoms with Gasteiger partial charge in [-0.05, 0) is 67.1 Å². The van der Waals surface area contributed by atoms with Crippen molar-refractivity contribution in [2.24, 2.45) is 0 Å². The van der Waals surface area contributed by atoms with E-state index in [4.69, 9.17) is 41.7 Å². The van der Waals surface area contributed by atoms with Crippen molar-refractivity contribution in [3.8, 4) is 97.2 Å². The Morgan fingerprint density at radius 3 is 0.978 bits per heavy atom. The average Bonchev–Trinajstić information content (AvgIpc) is 1.63. The van der Waals surface area contributed by atoms with E-state index in [0.717, 1.165) is 17.7 Å². The van der Waals surface area contributed by atoms with Crippen LogP contribution in [0.25, 0.3) is 66.9 Å². The molecule has 6 aromatic carbocycles. The van der Waals surface area contributed by atoms with Crippen molar-refractivity contribution in [3.63, 3.8) is 0 Å². The van der Waals surface area contributed by atoms with E-state index in [-0.39, 0.29) is 118 Å². The van der Waals surface area contributed by atoms with Crippen LogP contribution in [0.4, 0.5) is 0 Å².